The number of aliphatic hydroxyl groups is 1. The Morgan fingerprint density at radius 3 is 2.45 bits per heavy atom. The highest BCUT2D eigenvalue weighted by Crippen LogP contribution is 2.43. The van der Waals surface area contributed by atoms with E-state index in [9.17, 15) is 0 Å². The molecule has 2 bridgehead atoms. The summed E-state index contributed by atoms with van der Waals surface area (Å²) in [5.74, 6) is 2.70. The standard InChI is InChI=1S/C16H28N2O2/c19-8-10-20-9-7-17-3-5-18(6-4-17)13-16-12-14-1-2-15(16)11-14/h1-2,14-16,19H,3-13H2. The molecule has 1 heterocycles. The van der Waals surface area contributed by atoms with E-state index < -0.39 is 0 Å². The first kappa shape index (κ1) is 14.5. The molecule has 0 radical (unpaired) electrons. The summed E-state index contributed by atoms with van der Waals surface area (Å²) in [5.41, 5.74) is 0. The van der Waals surface area contributed by atoms with E-state index in [0.717, 1.165) is 30.9 Å². The highest BCUT2D eigenvalue weighted by molar-refractivity contribution is 5.10. The van der Waals surface area contributed by atoms with E-state index in [1.165, 1.54) is 45.6 Å². The second-order valence-electron chi connectivity index (χ2n) is 6.52. The molecule has 0 spiro atoms. The molecule has 3 unspecified atom stereocenters. The predicted octanol–water partition coefficient (Wildman–Crippen LogP) is 0.825. The van der Waals surface area contributed by atoms with Crippen LogP contribution in [0.4, 0.5) is 0 Å². The van der Waals surface area contributed by atoms with Crippen molar-refractivity contribution in [3.63, 3.8) is 0 Å². The van der Waals surface area contributed by atoms with Gasteiger partial charge in [-0.05, 0) is 30.6 Å². The summed E-state index contributed by atoms with van der Waals surface area (Å²) in [6, 6.07) is 0. The SMILES string of the molecule is OCCOCCN1CCN(CC2CC3C=CC2C3)CC1. The summed E-state index contributed by atoms with van der Waals surface area (Å²) in [4.78, 5) is 5.14. The molecule has 1 aliphatic heterocycles. The number of piperazine rings is 1. The number of hydrogen-bond acceptors (Lipinski definition) is 4. The molecule has 0 aromatic heterocycles. The molecule has 1 saturated carbocycles. The fourth-order valence-electron chi connectivity index (χ4n) is 3.99. The van der Waals surface area contributed by atoms with E-state index >= 15 is 0 Å². The molecule has 2 aliphatic carbocycles. The van der Waals surface area contributed by atoms with E-state index in [1.807, 2.05) is 0 Å². The van der Waals surface area contributed by atoms with Gasteiger partial charge < -0.3 is 14.7 Å². The fourth-order valence-corrected chi connectivity index (χ4v) is 3.99. The van der Waals surface area contributed by atoms with Crippen LogP contribution >= 0.6 is 0 Å². The van der Waals surface area contributed by atoms with Crippen molar-refractivity contribution in [2.45, 2.75) is 12.8 Å². The Bertz CT molecular complexity index is 326. The lowest BCUT2D eigenvalue weighted by molar-refractivity contribution is 0.0540. The summed E-state index contributed by atoms with van der Waals surface area (Å²) in [5, 5.41) is 8.67. The van der Waals surface area contributed by atoms with Gasteiger partial charge in [-0.1, -0.05) is 12.2 Å². The van der Waals surface area contributed by atoms with Crippen LogP contribution in [0.15, 0.2) is 12.2 Å². The van der Waals surface area contributed by atoms with Gasteiger partial charge in [-0.2, -0.15) is 0 Å². The maximum Gasteiger partial charge on any atom is 0.0698 e. The molecule has 2 fully saturated rings. The van der Waals surface area contributed by atoms with Crippen LogP contribution in [0.25, 0.3) is 0 Å². The third-order valence-corrected chi connectivity index (χ3v) is 5.16. The Kier molecular flexibility index (Phi) is 5.10. The molecule has 0 aromatic rings. The first-order valence-corrected chi connectivity index (χ1v) is 8.17. The highest BCUT2D eigenvalue weighted by Gasteiger charge is 2.36. The molecule has 0 aromatic carbocycles. The van der Waals surface area contributed by atoms with Crippen molar-refractivity contribution in [2.24, 2.45) is 17.8 Å². The van der Waals surface area contributed by atoms with Crippen LogP contribution in [-0.4, -0.2) is 74.0 Å². The van der Waals surface area contributed by atoms with Crippen LogP contribution in [0.1, 0.15) is 12.8 Å². The molecule has 3 rings (SSSR count). The second-order valence-corrected chi connectivity index (χ2v) is 6.52. The van der Waals surface area contributed by atoms with E-state index in [4.69, 9.17) is 9.84 Å². The minimum absolute atomic E-state index is 0.131. The molecule has 3 atom stereocenters. The average Bonchev–Trinajstić information content (AvgIpc) is 3.08. The molecular weight excluding hydrogens is 252 g/mol. The van der Waals surface area contributed by atoms with Crippen LogP contribution in [0.5, 0.6) is 0 Å². The van der Waals surface area contributed by atoms with Crippen molar-refractivity contribution in [3.8, 4) is 0 Å². The summed E-state index contributed by atoms with van der Waals surface area (Å²) in [6.45, 7) is 8.40. The number of fused-ring (bicyclic) bond motifs is 2. The second kappa shape index (κ2) is 7.03. The zero-order valence-electron chi connectivity index (χ0n) is 12.4. The Hall–Kier alpha value is -0.420. The lowest BCUT2D eigenvalue weighted by atomic mass is 9.93. The summed E-state index contributed by atoms with van der Waals surface area (Å²) in [7, 11) is 0. The van der Waals surface area contributed by atoms with E-state index in [-0.39, 0.29) is 6.61 Å². The molecule has 114 valence electrons. The van der Waals surface area contributed by atoms with E-state index in [0.29, 0.717) is 6.61 Å². The van der Waals surface area contributed by atoms with Gasteiger partial charge in [0.1, 0.15) is 0 Å². The largest absolute Gasteiger partial charge is 0.394 e. The van der Waals surface area contributed by atoms with Gasteiger partial charge in [-0.3, -0.25) is 4.90 Å². The van der Waals surface area contributed by atoms with Crippen molar-refractivity contribution >= 4 is 0 Å². The number of hydrogen-bond donors (Lipinski definition) is 1. The molecule has 1 N–H and O–H groups in total. The van der Waals surface area contributed by atoms with Crippen LogP contribution in [0, 0.1) is 17.8 Å². The zero-order chi connectivity index (χ0) is 13.8. The van der Waals surface area contributed by atoms with Crippen LogP contribution in [0.3, 0.4) is 0 Å². The molecule has 4 heteroatoms. The van der Waals surface area contributed by atoms with Gasteiger partial charge in [0.25, 0.3) is 0 Å². The Morgan fingerprint density at radius 1 is 1.00 bits per heavy atom. The summed E-state index contributed by atoms with van der Waals surface area (Å²) >= 11 is 0. The van der Waals surface area contributed by atoms with Gasteiger partial charge in [-0.25, -0.2) is 0 Å². The van der Waals surface area contributed by atoms with Crippen molar-refractivity contribution in [1.29, 1.82) is 0 Å². The molecule has 3 aliphatic rings. The topological polar surface area (TPSA) is 35.9 Å². The number of rotatable bonds is 7. The fraction of sp³-hybridized carbons (Fsp3) is 0.875. The Labute approximate surface area is 122 Å². The number of ether oxygens (including phenoxy) is 1. The number of nitrogens with zero attached hydrogens (tertiary/aromatic N) is 2. The molecule has 20 heavy (non-hydrogen) atoms. The zero-order valence-corrected chi connectivity index (χ0v) is 12.4. The Balaban J connectivity index is 1.31. The first-order chi connectivity index (χ1) is 9.85. The third kappa shape index (κ3) is 3.61. The van der Waals surface area contributed by atoms with Crippen molar-refractivity contribution in [2.75, 3.05) is 59.1 Å². The quantitative estimate of drug-likeness (QED) is 0.553. The number of allylic oxidation sites excluding steroid dienone is 2. The highest BCUT2D eigenvalue weighted by atomic mass is 16.5. The van der Waals surface area contributed by atoms with Gasteiger partial charge >= 0.3 is 0 Å². The van der Waals surface area contributed by atoms with Crippen molar-refractivity contribution < 1.29 is 9.84 Å². The monoisotopic (exact) mass is 280 g/mol. The Morgan fingerprint density at radius 2 is 1.80 bits per heavy atom. The lowest BCUT2D eigenvalue weighted by Crippen LogP contribution is -2.48. The summed E-state index contributed by atoms with van der Waals surface area (Å²) in [6.07, 6.45) is 7.75. The number of aliphatic hydroxyl groups excluding tert-OH is 1. The predicted molar refractivity (Wildman–Crippen MR) is 79.6 cm³/mol. The van der Waals surface area contributed by atoms with Gasteiger partial charge in [0.05, 0.1) is 19.8 Å². The molecular formula is C16H28N2O2. The molecule has 1 saturated heterocycles. The third-order valence-electron chi connectivity index (χ3n) is 5.16. The van der Waals surface area contributed by atoms with Gasteiger partial charge in [-0.15, -0.1) is 0 Å². The average molecular weight is 280 g/mol. The normalized spacial score (nSPS) is 34.1. The van der Waals surface area contributed by atoms with Crippen LogP contribution in [-0.2, 0) is 4.74 Å². The molecule has 0 amide bonds. The minimum Gasteiger partial charge on any atom is -0.394 e. The van der Waals surface area contributed by atoms with E-state index in [2.05, 4.69) is 22.0 Å². The maximum atomic E-state index is 8.67. The van der Waals surface area contributed by atoms with Crippen LogP contribution in [0.2, 0.25) is 0 Å². The minimum atomic E-state index is 0.131. The lowest BCUT2D eigenvalue weighted by Gasteiger charge is -2.36. The van der Waals surface area contributed by atoms with Gasteiger partial charge in [0, 0.05) is 39.3 Å². The van der Waals surface area contributed by atoms with Gasteiger partial charge in [0.2, 0.25) is 0 Å². The summed E-state index contributed by atoms with van der Waals surface area (Å²) < 4.78 is 5.34. The van der Waals surface area contributed by atoms with Crippen molar-refractivity contribution in [1.82, 2.24) is 9.80 Å². The first-order valence-electron chi connectivity index (χ1n) is 8.17. The molecule has 4 nitrogen and oxygen atoms in total. The van der Waals surface area contributed by atoms with Crippen LogP contribution < -0.4 is 0 Å². The smallest absolute Gasteiger partial charge is 0.0698 e. The van der Waals surface area contributed by atoms with Crippen molar-refractivity contribution in [3.05, 3.63) is 12.2 Å². The van der Waals surface area contributed by atoms with Gasteiger partial charge in [0.15, 0.2) is 0 Å². The van der Waals surface area contributed by atoms with E-state index in [1.54, 1.807) is 0 Å². The maximum absolute atomic E-state index is 8.67.